The van der Waals surface area contributed by atoms with Gasteiger partial charge >= 0.3 is 6.72 Å². The van der Waals surface area contributed by atoms with Gasteiger partial charge in [0, 0.05) is 14.2 Å². The van der Waals surface area contributed by atoms with Crippen LogP contribution in [0.4, 0.5) is 5.95 Å². The zero-order valence-electron chi connectivity index (χ0n) is 16.2. The molecule has 2 unspecified atom stereocenters. The summed E-state index contributed by atoms with van der Waals surface area (Å²) >= 11 is 5.01. The largest absolute Gasteiger partial charge is 0.382 e. The van der Waals surface area contributed by atoms with E-state index in [1.165, 1.54) is 13.4 Å². The van der Waals surface area contributed by atoms with Crippen molar-refractivity contribution >= 4 is 35.6 Å². The van der Waals surface area contributed by atoms with Gasteiger partial charge in [-0.1, -0.05) is 6.92 Å². The molecular formula is C15H24N5O7PS. The zero-order chi connectivity index (χ0) is 21.2. The minimum absolute atomic E-state index is 0.0517. The smallest absolute Gasteiger partial charge is 0.324 e. The number of nitrogens with zero attached hydrogens (tertiary/aromatic N) is 3. The van der Waals surface area contributed by atoms with E-state index >= 15 is 0 Å². The lowest BCUT2D eigenvalue weighted by Gasteiger charge is -2.27. The minimum Gasteiger partial charge on any atom is -0.382 e. The van der Waals surface area contributed by atoms with E-state index in [0.717, 1.165) is 0 Å². The van der Waals surface area contributed by atoms with E-state index in [1.807, 2.05) is 6.92 Å². The second-order valence-corrected chi connectivity index (χ2v) is 9.20. The van der Waals surface area contributed by atoms with Gasteiger partial charge < -0.3 is 29.4 Å². The summed E-state index contributed by atoms with van der Waals surface area (Å²) in [4.78, 5) is 33.0. The number of ether oxygens (including phenoxy) is 3. The molecule has 1 aliphatic rings. The third-order valence-electron chi connectivity index (χ3n) is 4.50. The Labute approximate surface area is 171 Å². The standard InChI is InChI=1S/C15H24N5O7PS/c1-4-8-10(27-28(22,29)24-3)11(25-6-5-23-2)14(26-8)20-7-17-9-12(20)18-15(16)19-13(9)21/h7-8,10-11,14H,4-6H2,1-3H3,(H,22,29)(H3,16,18,19,21)/t8-,10+,11?,14-,28?/m1/s1. The first-order valence-corrected chi connectivity index (χ1v) is 11.5. The summed E-state index contributed by atoms with van der Waals surface area (Å²) in [6, 6.07) is 0. The van der Waals surface area contributed by atoms with Crippen LogP contribution in [0.3, 0.4) is 0 Å². The van der Waals surface area contributed by atoms with Crippen LogP contribution in [0.25, 0.3) is 11.2 Å². The molecule has 5 atom stereocenters. The third kappa shape index (κ3) is 4.67. The Morgan fingerprint density at radius 1 is 1.41 bits per heavy atom. The summed E-state index contributed by atoms with van der Waals surface area (Å²) in [5, 5.41) is 0. The molecule has 2 aromatic heterocycles. The number of H-pyrrole nitrogens is 1. The van der Waals surface area contributed by atoms with E-state index in [4.69, 9.17) is 40.8 Å². The Balaban J connectivity index is 2.02. The Hall–Kier alpha value is -1.44. The van der Waals surface area contributed by atoms with E-state index < -0.39 is 36.8 Å². The van der Waals surface area contributed by atoms with Gasteiger partial charge in [-0.25, -0.2) is 4.98 Å². The molecule has 0 bridgehead atoms. The second-order valence-electron chi connectivity index (χ2n) is 6.30. The Morgan fingerprint density at radius 3 is 2.83 bits per heavy atom. The number of anilines is 1. The summed E-state index contributed by atoms with van der Waals surface area (Å²) in [5.74, 6) is -0.0517. The average Bonchev–Trinajstić information content (AvgIpc) is 3.23. The van der Waals surface area contributed by atoms with Crippen molar-refractivity contribution in [2.45, 2.75) is 37.9 Å². The van der Waals surface area contributed by atoms with Crippen molar-refractivity contribution in [3.63, 3.8) is 0 Å². The molecule has 0 saturated carbocycles. The topological polar surface area (TPSA) is 156 Å². The molecule has 29 heavy (non-hydrogen) atoms. The maximum Gasteiger partial charge on any atom is 0.324 e. The second kappa shape index (κ2) is 9.14. The van der Waals surface area contributed by atoms with Gasteiger partial charge in [0.15, 0.2) is 17.4 Å². The highest BCUT2D eigenvalue weighted by atomic mass is 32.5. The first-order chi connectivity index (χ1) is 13.8. The molecule has 0 spiro atoms. The highest BCUT2D eigenvalue weighted by Crippen LogP contribution is 2.49. The van der Waals surface area contributed by atoms with Crippen LogP contribution in [0, 0.1) is 0 Å². The Morgan fingerprint density at radius 2 is 2.17 bits per heavy atom. The van der Waals surface area contributed by atoms with Crippen LogP contribution in [0.15, 0.2) is 11.1 Å². The van der Waals surface area contributed by atoms with Crippen molar-refractivity contribution in [2.75, 3.05) is 33.2 Å². The van der Waals surface area contributed by atoms with Crippen LogP contribution < -0.4 is 11.3 Å². The number of rotatable bonds is 9. The first-order valence-electron chi connectivity index (χ1n) is 8.86. The van der Waals surface area contributed by atoms with Crippen molar-refractivity contribution < 1.29 is 28.2 Å². The fourth-order valence-corrected chi connectivity index (χ4v) is 4.11. The average molecular weight is 449 g/mol. The van der Waals surface area contributed by atoms with E-state index in [1.54, 1.807) is 11.7 Å². The van der Waals surface area contributed by atoms with E-state index in [2.05, 4.69) is 15.0 Å². The maximum atomic E-state index is 12.1. The Bertz CT molecular complexity index is 953. The predicted molar refractivity (Wildman–Crippen MR) is 107 cm³/mol. The van der Waals surface area contributed by atoms with E-state index in [-0.39, 0.29) is 23.7 Å². The van der Waals surface area contributed by atoms with Crippen LogP contribution in [0.5, 0.6) is 0 Å². The van der Waals surface area contributed by atoms with Gasteiger partial charge in [0.05, 0.1) is 25.6 Å². The SMILES string of the molecule is CC[C@H]1O[C@@H](n2cnc3c(=O)[nH]c(N)nc32)C(OCCOC)[C@H]1OP(O)(=S)OC. The summed E-state index contributed by atoms with van der Waals surface area (Å²) < 4.78 is 29.3. The number of imidazole rings is 1. The molecule has 162 valence electrons. The number of hydrogen-bond donors (Lipinski definition) is 3. The van der Waals surface area contributed by atoms with Gasteiger partial charge in [0.1, 0.15) is 12.2 Å². The molecule has 14 heteroatoms. The monoisotopic (exact) mass is 449 g/mol. The number of nitrogens with one attached hydrogen (secondary N) is 1. The van der Waals surface area contributed by atoms with Gasteiger partial charge in [0.2, 0.25) is 5.95 Å². The van der Waals surface area contributed by atoms with Gasteiger partial charge in [-0.05, 0) is 18.2 Å². The molecule has 0 aromatic carbocycles. The molecular weight excluding hydrogens is 425 g/mol. The molecule has 3 rings (SSSR count). The van der Waals surface area contributed by atoms with Crippen LogP contribution >= 0.6 is 6.72 Å². The molecule has 0 amide bonds. The predicted octanol–water partition coefficient (Wildman–Crippen LogP) is 0.289. The quantitative estimate of drug-likeness (QED) is 0.357. The third-order valence-corrected chi connectivity index (χ3v) is 6.17. The number of methoxy groups -OCH3 is 1. The van der Waals surface area contributed by atoms with E-state index in [9.17, 15) is 9.69 Å². The molecule has 1 aliphatic heterocycles. The van der Waals surface area contributed by atoms with Crippen molar-refractivity contribution in [3.8, 4) is 0 Å². The maximum absolute atomic E-state index is 12.1. The highest BCUT2D eigenvalue weighted by molar-refractivity contribution is 8.07. The van der Waals surface area contributed by atoms with Crippen LogP contribution in [-0.4, -0.2) is 70.2 Å². The summed E-state index contributed by atoms with van der Waals surface area (Å²) in [5.41, 5.74) is 5.57. The normalized spacial score (nSPS) is 26.8. The highest BCUT2D eigenvalue weighted by Gasteiger charge is 2.49. The van der Waals surface area contributed by atoms with Crippen LogP contribution in [0.2, 0.25) is 0 Å². The van der Waals surface area contributed by atoms with E-state index in [0.29, 0.717) is 13.0 Å². The summed E-state index contributed by atoms with van der Waals surface area (Å²) in [6.45, 7) is -1.02. The van der Waals surface area contributed by atoms with Crippen molar-refractivity contribution in [2.24, 2.45) is 0 Å². The van der Waals surface area contributed by atoms with Crippen LogP contribution in [0.1, 0.15) is 19.6 Å². The molecule has 3 heterocycles. The zero-order valence-corrected chi connectivity index (χ0v) is 17.9. The van der Waals surface area contributed by atoms with Crippen LogP contribution in [-0.2, 0) is 35.1 Å². The molecule has 1 fully saturated rings. The van der Waals surface area contributed by atoms with Gasteiger partial charge in [-0.15, -0.1) is 0 Å². The molecule has 0 radical (unpaired) electrons. The van der Waals surface area contributed by atoms with Crippen molar-refractivity contribution in [1.29, 1.82) is 0 Å². The fourth-order valence-electron chi connectivity index (χ4n) is 3.16. The van der Waals surface area contributed by atoms with Crippen molar-refractivity contribution in [1.82, 2.24) is 19.5 Å². The minimum atomic E-state index is -3.49. The number of nitrogen functional groups attached to an aromatic ring is 1. The molecule has 2 aromatic rings. The molecule has 4 N–H and O–H groups in total. The lowest BCUT2D eigenvalue weighted by Crippen LogP contribution is -2.36. The summed E-state index contributed by atoms with van der Waals surface area (Å²) in [7, 11) is 2.83. The van der Waals surface area contributed by atoms with Gasteiger partial charge in [-0.2, -0.15) is 4.98 Å². The number of fused-ring (bicyclic) bond motifs is 1. The lowest BCUT2D eigenvalue weighted by molar-refractivity contribution is -0.0753. The number of hydrogen-bond acceptors (Lipinski definition) is 10. The van der Waals surface area contributed by atoms with Gasteiger partial charge in [0.25, 0.3) is 5.56 Å². The molecule has 12 nitrogen and oxygen atoms in total. The lowest BCUT2D eigenvalue weighted by atomic mass is 10.1. The fraction of sp³-hybridized carbons (Fsp3) is 0.667. The first kappa shape index (κ1) is 22.2. The summed E-state index contributed by atoms with van der Waals surface area (Å²) in [6.07, 6.45) is -0.688. The number of nitrogens with two attached hydrogens (primary N) is 1. The molecule has 1 saturated heterocycles. The Kier molecular flexibility index (Phi) is 7.02. The van der Waals surface area contributed by atoms with Crippen molar-refractivity contribution in [3.05, 3.63) is 16.7 Å². The number of aromatic amines is 1. The van der Waals surface area contributed by atoms with Gasteiger partial charge in [-0.3, -0.25) is 18.9 Å². The number of aromatic nitrogens is 4. The molecule has 0 aliphatic carbocycles.